The molecule has 3 aliphatic rings. The van der Waals surface area contributed by atoms with Gasteiger partial charge >= 0.3 is 13.2 Å². The number of Topliss-reactive ketones (excluding diaryl/α,β-unsaturated/α-hetero) is 2. The third kappa shape index (κ3) is 12.3. The number of carbonyl (C=O) groups excluding carboxylic acids is 3. The van der Waals surface area contributed by atoms with E-state index in [1.54, 1.807) is 37.4 Å². The number of hydrogen-bond donors (Lipinski definition) is 3. The minimum Gasteiger partial charge on any atom is -0.435 e. The highest BCUT2D eigenvalue weighted by Crippen LogP contribution is 2.46. The average Bonchev–Trinajstić information content (AvgIpc) is 3.47. The van der Waals surface area contributed by atoms with Gasteiger partial charge < -0.3 is 26.7 Å². The first-order chi connectivity index (χ1) is 30.1. The molecule has 2 aliphatic carbocycles. The van der Waals surface area contributed by atoms with E-state index < -0.39 is 30.3 Å². The largest absolute Gasteiger partial charge is 0.435 e. The summed E-state index contributed by atoms with van der Waals surface area (Å²) in [7, 11) is 3.09. The molecule has 6 N–H and O–H groups in total. The van der Waals surface area contributed by atoms with Gasteiger partial charge in [-0.2, -0.15) is 17.6 Å². The highest BCUT2D eigenvalue weighted by molar-refractivity contribution is 6.49. The Bertz CT molecular complexity index is 2250. The first kappa shape index (κ1) is 50.5. The van der Waals surface area contributed by atoms with Gasteiger partial charge in [-0.15, -0.1) is 12.4 Å². The van der Waals surface area contributed by atoms with E-state index in [0.29, 0.717) is 47.3 Å². The topological polar surface area (TPSA) is 176 Å². The van der Waals surface area contributed by atoms with E-state index in [2.05, 4.69) is 19.5 Å². The maximum Gasteiger partial charge on any atom is 0.387 e. The number of halogens is 7. The normalized spacial score (nSPS) is 20.8. The Balaban J connectivity index is 0.000000252. The van der Waals surface area contributed by atoms with Crippen LogP contribution in [-0.4, -0.2) is 75.0 Å². The molecule has 4 aromatic carbocycles. The minimum atomic E-state index is -2.95. The smallest absolute Gasteiger partial charge is 0.387 e. The van der Waals surface area contributed by atoms with Crippen molar-refractivity contribution in [1.29, 1.82) is 0 Å². The van der Waals surface area contributed by atoms with Crippen molar-refractivity contribution < 1.29 is 50.2 Å². The number of likely N-dealkylation sites (N-methyl/N-ethyl adjacent to an activating group) is 1. The van der Waals surface area contributed by atoms with Crippen molar-refractivity contribution in [3.63, 3.8) is 0 Å². The van der Waals surface area contributed by atoms with Gasteiger partial charge in [0, 0.05) is 25.2 Å². The molecule has 1 aliphatic heterocycles. The molecule has 7 rings (SSSR count). The first-order valence-electron chi connectivity index (χ1n) is 20.2. The van der Waals surface area contributed by atoms with Gasteiger partial charge in [0.05, 0.1) is 13.3 Å². The Kier molecular flexibility index (Phi) is 18.2. The molecule has 1 unspecified atom stereocenters. The van der Waals surface area contributed by atoms with Crippen molar-refractivity contribution >= 4 is 41.8 Å². The van der Waals surface area contributed by atoms with Crippen LogP contribution in [-0.2, 0) is 10.3 Å². The van der Waals surface area contributed by atoms with Crippen LogP contribution in [0.1, 0.15) is 93.3 Å². The van der Waals surface area contributed by atoms with Crippen molar-refractivity contribution in [2.24, 2.45) is 39.0 Å². The number of carbonyl (C=O) groups is 3. The SMILES string of the molecule is CN1C(=O)C(c2ccc(OC(F)F)cc2)(c2cccc(C3CC(CCF)C3)c2)N=C1N.CN=C(N)N.Cl.O=C(C(=O)c1cccc(C2CC(CCF)C2)c1)c1ccc(OC(F)F)cc1. The third-order valence-electron chi connectivity index (χ3n) is 11.4. The minimum absolute atomic E-state index is 0. The van der Waals surface area contributed by atoms with Crippen LogP contribution in [0, 0.1) is 11.8 Å². The van der Waals surface area contributed by atoms with Crippen LogP contribution in [0.15, 0.2) is 107 Å². The van der Waals surface area contributed by atoms with Crippen LogP contribution >= 0.6 is 12.4 Å². The highest BCUT2D eigenvalue weighted by atomic mass is 35.5. The zero-order valence-electron chi connectivity index (χ0n) is 35.1. The summed E-state index contributed by atoms with van der Waals surface area (Å²) in [5.74, 6) is -0.193. The molecular formula is C46H51ClF6N6O5. The molecule has 0 radical (unpaired) electrons. The molecule has 1 atom stereocenters. The predicted molar refractivity (Wildman–Crippen MR) is 234 cm³/mol. The van der Waals surface area contributed by atoms with Crippen molar-refractivity contribution in [2.75, 3.05) is 27.4 Å². The molecule has 18 heteroatoms. The fraction of sp³-hybridized carbons (Fsp3) is 0.370. The van der Waals surface area contributed by atoms with Gasteiger partial charge in [-0.1, -0.05) is 54.6 Å². The number of aliphatic imine (C=N–C) groups is 2. The van der Waals surface area contributed by atoms with Gasteiger partial charge in [-0.25, -0.2) is 4.99 Å². The van der Waals surface area contributed by atoms with Crippen molar-refractivity contribution in [3.05, 3.63) is 130 Å². The van der Waals surface area contributed by atoms with Crippen LogP contribution in [0.2, 0.25) is 0 Å². The van der Waals surface area contributed by atoms with Gasteiger partial charge in [0.2, 0.25) is 11.6 Å². The number of guanidine groups is 2. The van der Waals surface area contributed by atoms with Gasteiger partial charge in [-0.3, -0.25) is 33.1 Å². The van der Waals surface area contributed by atoms with E-state index in [0.717, 1.165) is 36.8 Å². The maximum absolute atomic E-state index is 13.3. The predicted octanol–water partition coefficient (Wildman–Crippen LogP) is 8.69. The van der Waals surface area contributed by atoms with Crippen molar-refractivity contribution in [3.8, 4) is 11.5 Å². The second-order valence-corrected chi connectivity index (χ2v) is 15.4. The van der Waals surface area contributed by atoms with Gasteiger partial charge in [-0.05, 0) is 127 Å². The molecular weight excluding hydrogens is 866 g/mol. The molecule has 4 aromatic rings. The fourth-order valence-corrected chi connectivity index (χ4v) is 7.86. The molecule has 0 saturated heterocycles. The number of benzene rings is 4. The molecule has 2 fully saturated rings. The summed E-state index contributed by atoms with van der Waals surface area (Å²) in [6.45, 7) is -6.51. The summed E-state index contributed by atoms with van der Waals surface area (Å²) >= 11 is 0. The van der Waals surface area contributed by atoms with Crippen LogP contribution in [0.3, 0.4) is 0 Å². The Morgan fingerprint density at radius 1 is 0.734 bits per heavy atom. The molecule has 2 saturated carbocycles. The lowest BCUT2D eigenvalue weighted by molar-refractivity contribution is -0.129. The van der Waals surface area contributed by atoms with E-state index >= 15 is 0 Å². The van der Waals surface area contributed by atoms with Crippen LogP contribution < -0.4 is 26.7 Å². The standard InChI is InChI=1S/C23H24F3N3O2.C21H19F3O3.C2H7N3.ClH/c1-29-20(30)23(28-22(29)27,17-5-7-19(8-6-17)31-21(25)26)18-4-2-3-15(13-18)16-11-14(12-16)9-10-24;22-9-8-13-10-17(11-13)15-2-1-3-16(12-15)20(26)19(25)14-4-6-18(7-5-14)27-21(23)24;1-5-2(3)4;/h2-8,13-14,16,21H,9-12H2,1H3,(H2,27,28);1-7,12-13,17,21H,8-11H2;1H3,(H4,3,4,5);1H. The third-order valence-corrected chi connectivity index (χ3v) is 11.4. The second kappa shape index (κ2) is 23.0. The summed E-state index contributed by atoms with van der Waals surface area (Å²) in [6.07, 6.45) is 4.76. The second-order valence-electron chi connectivity index (χ2n) is 15.4. The summed E-state index contributed by atoms with van der Waals surface area (Å²) in [4.78, 5) is 47.4. The van der Waals surface area contributed by atoms with Gasteiger partial charge in [0.15, 0.2) is 17.5 Å². The van der Waals surface area contributed by atoms with Crippen molar-refractivity contribution in [2.45, 2.75) is 69.1 Å². The van der Waals surface area contributed by atoms with Gasteiger partial charge in [0.25, 0.3) is 5.91 Å². The lowest BCUT2D eigenvalue weighted by Gasteiger charge is -2.36. The molecule has 0 bridgehead atoms. The maximum atomic E-state index is 13.3. The average molecular weight is 917 g/mol. The van der Waals surface area contributed by atoms with Gasteiger partial charge in [0.1, 0.15) is 11.5 Å². The molecule has 64 heavy (non-hydrogen) atoms. The van der Waals surface area contributed by atoms with Crippen LogP contribution in [0.4, 0.5) is 26.3 Å². The monoisotopic (exact) mass is 916 g/mol. The Hall–Kier alpha value is -6.10. The molecule has 1 heterocycles. The molecule has 11 nitrogen and oxygen atoms in total. The number of amides is 1. The van der Waals surface area contributed by atoms with E-state index in [-0.39, 0.29) is 66.6 Å². The number of ketones is 2. The first-order valence-corrected chi connectivity index (χ1v) is 20.2. The Morgan fingerprint density at radius 3 is 1.62 bits per heavy atom. The molecule has 0 spiro atoms. The number of nitrogens with zero attached hydrogens (tertiary/aromatic N) is 3. The molecule has 1 amide bonds. The van der Waals surface area contributed by atoms with Crippen molar-refractivity contribution in [1.82, 2.24) is 4.90 Å². The summed E-state index contributed by atoms with van der Waals surface area (Å²) in [5, 5.41) is 0. The summed E-state index contributed by atoms with van der Waals surface area (Å²) in [6, 6.07) is 25.5. The Labute approximate surface area is 373 Å². The van der Waals surface area contributed by atoms with E-state index in [4.69, 9.17) is 17.2 Å². The zero-order valence-corrected chi connectivity index (χ0v) is 36.0. The number of ether oxygens (including phenoxy) is 2. The molecule has 344 valence electrons. The van der Waals surface area contributed by atoms with E-state index in [1.165, 1.54) is 48.3 Å². The number of hydrogen-bond acceptors (Lipinski definition) is 8. The number of nitrogens with two attached hydrogens (primary N) is 3. The lowest BCUT2D eigenvalue weighted by atomic mass is 9.69. The fourth-order valence-electron chi connectivity index (χ4n) is 7.86. The van der Waals surface area contributed by atoms with E-state index in [9.17, 15) is 40.7 Å². The van der Waals surface area contributed by atoms with Crippen LogP contribution in [0.5, 0.6) is 11.5 Å². The Morgan fingerprint density at radius 2 is 1.19 bits per heavy atom. The van der Waals surface area contributed by atoms with Crippen LogP contribution in [0.25, 0.3) is 0 Å². The number of rotatable bonds is 15. The quantitative estimate of drug-likeness (QED) is 0.0349. The number of alkyl halides is 6. The molecule has 0 aromatic heterocycles. The highest BCUT2D eigenvalue weighted by Gasteiger charge is 2.50. The lowest BCUT2D eigenvalue weighted by Crippen LogP contribution is -2.41. The summed E-state index contributed by atoms with van der Waals surface area (Å²) in [5.41, 5.74) is 17.8. The zero-order chi connectivity index (χ0) is 45.8. The van der Waals surface area contributed by atoms with E-state index in [1.807, 2.05) is 30.3 Å². The summed E-state index contributed by atoms with van der Waals surface area (Å²) < 4.78 is 83.0.